The first kappa shape index (κ1) is 8.48. The van der Waals surface area contributed by atoms with Gasteiger partial charge in [-0.05, 0) is 50.5 Å². The number of aromatic amines is 1. The molecule has 0 aliphatic heterocycles. The van der Waals surface area contributed by atoms with E-state index in [-0.39, 0.29) is 5.54 Å². The van der Waals surface area contributed by atoms with Crippen LogP contribution < -0.4 is 5.73 Å². The van der Waals surface area contributed by atoms with E-state index in [9.17, 15) is 0 Å². The van der Waals surface area contributed by atoms with Crippen molar-refractivity contribution in [3.8, 4) is 0 Å². The van der Waals surface area contributed by atoms with Gasteiger partial charge in [0.1, 0.15) is 0 Å². The molecule has 76 valence electrons. The summed E-state index contributed by atoms with van der Waals surface area (Å²) < 4.78 is 0. The molecule has 0 amide bonds. The molecule has 1 fully saturated rings. The van der Waals surface area contributed by atoms with Gasteiger partial charge in [-0.2, -0.15) is 5.10 Å². The molecule has 2 aliphatic rings. The fourth-order valence-corrected chi connectivity index (χ4v) is 2.69. The molecule has 3 nitrogen and oxygen atoms in total. The van der Waals surface area contributed by atoms with Gasteiger partial charge in [-0.1, -0.05) is 0 Å². The van der Waals surface area contributed by atoms with Crippen LogP contribution in [0.3, 0.4) is 0 Å². The van der Waals surface area contributed by atoms with Gasteiger partial charge in [-0.3, -0.25) is 5.10 Å². The lowest BCUT2D eigenvalue weighted by Crippen LogP contribution is -2.44. The maximum atomic E-state index is 6.31. The molecular formula is C11H17N3. The highest BCUT2D eigenvalue weighted by molar-refractivity contribution is 5.34. The van der Waals surface area contributed by atoms with Crippen LogP contribution in [0.2, 0.25) is 0 Å². The zero-order valence-electron chi connectivity index (χ0n) is 8.47. The number of hydrogen-bond donors (Lipinski definition) is 2. The van der Waals surface area contributed by atoms with Crippen LogP contribution in [0.1, 0.15) is 49.1 Å². The van der Waals surface area contributed by atoms with Crippen molar-refractivity contribution in [2.75, 3.05) is 0 Å². The molecule has 0 bridgehead atoms. The van der Waals surface area contributed by atoms with Gasteiger partial charge in [0.05, 0.1) is 11.2 Å². The Labute approximate surface area is 84.1 Å². The number of rotatable bonds is 1. The molecule has 14 heavy (non-hydrogen) atoms. The lowest BCUT2D eigenvalue weighted by molar-refractivity contribution is 0.244. The second-order valence-corrected chi connectivity index (χ2v) is 4.75. The molecule has 0 aromatic carbocycles. The lowest BCUT2D eigenvalue weighted by Gasteiger charge is -2.37. The van der Waals surface area contributed by atoms with Crippen molar-refractivity contribution >= 4 is 0 Å². The Morgan fingerprint density at radius 1 is 1.14 bits per heavy atom. The van der Waals surface area contributed by atoms with E-state index in [0.717, 1.165) is 12.8 Å². The predicted molar refractivity (Wildman–Crippen MR) is 54.9 cm³/mol. The Balaban J connectivity index is 2.01. The summed E-state index contributed by atoms with van der Waals surface area (Å²) in [7, 11) is 0. The molecule has 0 saturated heterocycles. The summed E-state index contributed by atoms with van der Waals surface area (Å²) in [5, 5.41) is 7.61. The van der Waals surface area contributed by atoms with Crippen LogP contribution in [0.4, 0.5) is 0 Å². The molecule has 1 heterocycles. The van der Waals surface area contributed by atoms with Crippen LogP contribution >= 0.6 is 0 Å². The monoisotopic (exact) mass is 191 g/mol. The third-order valence-electron chi connectivity index (χ3n) is 3.77. The highest BCUT2D eigenvalue weighted by Gasteiger charge is 2.39. The molecule has 1 aromatic heterocycles. The standard InChI is InChI=1S/C11H17N3/c12-11(6-3-7-11)10-8-4-1-2-5-9(8)13-14-10/h1-7,12H2,(H,13,14). The van der Waals surface area contributed by atoms with Crippen LogP contribution in [0.15, 0.2) is 0 Å². The quantitative estimate of drug-likeness (QED) is 0.708. The second kappa shape index (κ2) is 2.83. The predicted octanol–water partition coefficient (Wildman–Crippen LogP) is 1.63. The van der Waals surface area contributed by atoms with E-state index in [1.165, 1.54) is 49.1 Å². The minimum Gasteiger partial charge on any atom is -0.320 e. The molecule has 3 heteroatoms. The fraction of sp³-hybridized carbons (Fsp3) is 0.727. The lowest BCUT2D eigenvalue weighted by atomic mass is 9.73. The maximum Gasteiger partial charge on any atom is 0.0855 e. The van der Waals surface area contributed by atoms with Crippen LogP contribution in [-0.2, 0) is 18.4 Å². The number of aryl methyl sites for hydroxylation is 1. The van der Waals surface area contributed by atoms with E-state index < -0.39 is 0 Å². The SMILES string of the molecule is NC1(c2n[nH]c3c2CCCC3)CCC1. The van der Waals surface area contributed by atoms with E-state index in [4.69, 9.17) is 5.73 Å². The molecule has 2 aliphatic carbocycles. The third kappa shape index (κ3) is 1.05. The number of nitrogens with one attached hydrogen (secondary N) is 1. The number of H-pyrrole nitrogens is 1. The van der Waals surface area contributed by atoms with Gasteiger partial charge in [-0.15, -0.1) is 0 Å². The molecule has 0 spiro atoms. The van der Waals surface area contributed by atoms with Crippen LogP contribution in [0.5, 0.6) is 0 Å². The smallest absolute Gasteiger partial charge is 0.0855 e. The van der Waals surface area contributed by atoms with Crippen LogP contribution in [0, 0.1) is 0 Å². The van der Waals surface area contributed by atoms with Crippen molar-refractivity contribution in [1.29, 1.82) is 0 Å². The Bertz CT molecular complexity index is 349. The second-order valence-electron chi connectivity index (χ2n) is 4.75. The van der Waals surface area contributed by atoms with Gasteiger partial charge in [0, 0.05) is 5.69 Å². The van der Waals surface area contributed by atoms with Gasteiger partial charge in [0.15, 0.2) is 0 Å². The Morgan fingerprint density at radius 3 is 2.64 bits per heavy atom. The molecule has 0 unspecified atom stereocenters. The maximum absolute atomic E-state index is 6.31. The summed E-state index contributed by atoms with van der Waals surface area (Å²) in [6, 6.07) is 0. The summed E-state index contributed by atoms with van der Waals surface area (Å²) >= 11 is 0. The zero-order chi connectivity index (χ0) is 9.60. The number of aromatic nitrogens is 2. The van der Waals surface area contributed by atoms with Crippen molar-refractivity contribution < 1.29 is 0 Å². The first-order valence-corrected chi connectivity index (χ1v) is 5.65. The first-order valence-electron chi connectivity index (χ1n) is 5.65. The summed E-state index contributed by atoms with van der Waals surface area (Å²) in [6.45, 7) is 0. The minimum atomic E-state index is -0.0819. The van der Waals surface area contributed by atoms with Crippen molar-refractivity contribution in [2.45, 2.75) is 50.5 Å². The molecule has 3 rings (SSSR count). The van der Waals surface area contributed by atoms with Gasteiger partial charge < -0.3 is 5.73 Å². The normalized spacial score (nSPS) is 24.1. The molecule has 0 radical (unpaired) electrons. The third-order valence-corrected chi connectivity index (χ3v) is 3.77. The Kier molecular flexibility index (Phi) is 1.71. The summed E-state index contributed by atoms with van der Waals surface area (Å²) in [6.07, 6.45) is 8.44. The zero-order valence-corrected chi connectivity index (χ0v) is 8.47. The summed E-state index contributed by atoms with van der Waals surface area (Å²) in [5.41, 5.74) is 10.2. The molecular weight excluding hydrogens is 174 g/mol. The van der Waals surface area contributed by atoms with Gasteiger partial charge in [0.25, 0.3) is 0 Å². The van der Waals surface area contributed by atoms with E-state index in [0.29, 0.717) is 0 Å². The number of fused-ring (bicyclic) bond motifs is 1. The van der Waals surface area contributed by atoms with Crippen molar-refractivity contribution in [3.05, 3.63) is 17.0 Å². The van der Waals surface area contributed by atoms with Crippen LogP contribution in [-0.4, -0.2) is 10.2 Å². The molecule has 1 aromatic rings. The van der Waals surface area contributed by atoms with Gasteiger partial charge in [-0.25, -0.2) is 0 Å². The Morgan fingerprint density at radius 2 is 1.93 bits per heavy atom. The average Bonchev–Trinajstić information content (AvgIpc) is 2.58. The summed E-state index contributed by atoms with van der Waals surface area (Å²) in [5.74, 6) is 0. The van der Waals surface area contributed by atoms with E-state index >= 15 is 0 Å². The van der Waals surface area contributed by atoms with Gasteiger partial charge in [0.2, 0.25) is 0 Å². The van der Waals surface area contributed by atoms with Gasteiger partial charge >= 0.3 is 0 Å². The summed E-state index contributed by atoms with van der Waals surface area (Å²) in [4.78, 5) is 0. The minimum absolute atomic E-state index is 0.0819. The van der Waals surface area contributed by atoms with Crippen LogP contribution in [0.25, 0.3) is 0 Å². The van der Waals surface area contributed by atoms with Crippen molar-refractivity contribution in [2.24, 2.45) is 5.73 Å². The van der Waals surface area contributed by atoms with E-state index in [1.807, 2.05) is 0 Å². The average molecular weight is 191 g/mol. The fourth-order valence-electron chi connectivity index (χ4n) is 2.69. The molecule has 1 saturated carbocycles. The first-order chi connectivity index (χ1) is 6.80. The van der Waals surface area contributed by atoms with E-state index in [2.05, 4.69) is 10.2 Å². The van der Waals surface area contributed by atoms with Crippen molar-refractivity contribution in [3.63, 3.8) is 0 Å². The highest BCUT2D eigenvalue weighted by Crippen LogP contribution is 2.40. The van der Waals surface area contributed by atoms with E-state index in [1.54, 1.807) is 0 Å². The largest absolute Gasteiger partial charge is 0.320 e. The molecule has 3 N–H and O–H groups in total. The van der Waals surface area contributed by atoms with Crippen molar-refractivity contribution in [1.82, 2.24) is 10.2 Å². The number of nitrogens with two attached hydrogens (primary N) is 1. The molecule has 0 atom stereocenters. The topological polar surface area (TPSA) is 54.7 Å². The Hall–Kier alpha value is -0.830. The number of nitrogens with zero attached hydrogens (tertiary/aromatic N) is 1. The highest BCUT2D eigenvalue weighted by atomic mass is 15.1. The number of hydrogen-bond acceptors (Lipinski definition) is 2.